The third-order valence-electron chi connectivity index (χ3n) is 2.74. The SMILES string of the molecule is Cc1c(N)cccc1SCC(=O)Nc1ccccc1. The first kappa shape index (κ1) is 13.5. The molecule has 0 aliphatic rings. The average Bonchev–Trinajstić information content (AvgIpc) is 2.42. The Morgan fingerprint density at radius 1 is 1.16 bits per heavy atom. The highest BCUT2D eigenvalue weighted by Crippen LogP contribution is 2.26. The molecule has 0 aliphatic heterocycles. The van der Waals surface area contributed by atoms with Crippen LogP contribution >= 0.6 is 11.8 Å². The number of nitrogen functional groups attached to an aromatic ring is 1. The van der Waals surface area contributed by atoms with Gasteiger partial charge in [-0.1, -0.05) is 24.3 Å². The first-order valence-corrected chi connectivity index (χ1v) is 6.98. The van der Waals surface area contributed by atoms with E-state index in [1.54, 1.807) is 0 Å². The Hall–Kier alpha value is -1.94. The van der Waals surface area contributed by atoms with Crippen LogP contribution < -0.4 is 11.1 Å². The van der Waals surface area contributed by atoms with Crippen molar-refractivity contribution in [3.05, 3.63) is 54.1 Å². The molecule has 0 fully saturated rings. The number of hydrogen-bond acceptors (Lipinski definition) is 3. The van der Waals surface area contributed by atoms with Crippen LogP contribution in [0.15, 0.2) is 53.4 Å². The molecule has 0 bridgehead atoms. The monoisotopic (exact) mass is 272 g/mol. The predicted molar refractivity (Wildman–Crippen MR) is 81.4 cm³/mol. The standard InChI is InChI=1S/C15H16N2OS/c1-11-13(16)8-5-9-14(11)19-10-15(18)17-12-6-3-2-4-7-12/h2-9H,10,16H2,1H3,(H,17,18). The number of benzene rings is 2. The second-order valence-electron chi connectivity index (χ2n) is 4.17. The van der Waals surface area contributed by atoms with Crippen LogP contribution in [0.5, 0.6) is 0 Å². The summed E-state index contributed by atoms with van der Waals surface area (Å²) in [6.07, 6.45) is 0. The van der Waals surface area contributed by atoms with Crippen molar-refractivity contribution >= 4 is 29.0 Å². The maximum absolute atomic E-state index is 11.8. The van der Waals surface area contributed by atoms with E-state index in [2.05, 4.69) is 5.32 Å². The quantitative estimate of drug-likeness (QED) is 0.663. The summed E-state index contributed by atoms with van der Waals surface area (Å²) in [5, 5.41) is 2.86. The molecule has 3 nitrogen and oxygen atoms in total. The second kappa shape index (κ2) is 6.29. The topological polar surface area (TPSA) is 55.1 Å². The van der Waals surface area contributed by atoms with Gasteiger partial charge in [0.25, 0.3) is 0 Å². The number of amides is 1. The fourth-order valence-electron chi connectivity index (χ4n) is 1.65. The maximum atomic E-state index is 11.8. The Labute approximate surface area is 117 Å². The minimum absolute atomic E-state index is 0.0157. The number of hydrogen-bond donors (Lipinski definition) is 2. The van der Waals surface area contributed by atoms with Crippen LogP contribution in [0.4, 0.5) is 11.4 Å². The van der Waals surface area contributed by atoms with Gasteiger partial charge in [0.1, 0.15) is 0 Å². The second-order valence-corrected chi connectivity index (χ2v) is 5.19. The Kier molecular flexibility index (Phi) is 4.47. The summed E-state index contributed by atoms with van der Waals surface area (Å²) in [6.45, 7) is 1.97. The highest BCUT2D eigenvalue weighted by atomic mass is 32.2. The Morgan fingerprint density at radius 3 is 2.63 bits per heavy atom. The van der Waals surface area contributed by atoms with Gasteiger partial charge in [-0.15, -0.1) is 11.8 Å². The van der Waals surface area contributed by atoms with Crippen LogP contribution in [-0.2, 0) is 4.79 Å². The molecule has 0 saturated carbocycles. The molecule has 0 aromatic heterocycles. The average molecular weight is 272 g/mol. The highest BCUT2D eigenvalue weighted by Gasteiger charge is 2.06. The fourth-order valence-corrected chi connectivity index (χ4v) is 2.52. The Morgan fingerprint density at radius 2 is 1.89 bits per heavy atom. The number of para-hydroxylation sites is 1. The van der Waals surface area contributed by atoms with Crippen molar-refractivity contribution in [2.75, 3.05) is 16.8 Å². The van der Waals surface area contributed by atoms with Gasteiger partial charge in [0.05, 0.1) is 5.75 Å². The zero-order chi connectivity index (χ0) is 13.7. The first-order valence-electron chi connectivity index (χ1n) is 5.99. The molecule has 98 valence electrons. The number of carbonyl (C=O) groups excluding carboxylic acids is 1. The van der Waals surface area contributed by atoms with Gasteiger partial charge in [-0.3, -0.25) is 4.79 Å². The van der Waals surface area contributed by atoms with Crippen LogP contribution in [0.25, 0.3) is 0 Å². The predicted octanol–water partition coefficient (Wildman–Crippen LogP) is 3.31. The van der Waals surface area contributed by atoms with Crippen molar-refractivity contribution in [1.29, 1.82) is 0 Å². The third kappa shape index (κ3) is 3.76. The van der Waals surface area contributed by atoms with Crippen molar-refractivity contribution in [1.82, 2.24) is 0 Å². The van der Waals surface area contributed by atoms with Crippen LogP contribution in [0.1, 0.15) is 5.56 Å². The number of nitrogens with two attached hydrogens (primary N) is 1. The maximum Gasteiger partial charge on any atom is 0.234 e. The van der Waals surface area contributed by atoms with E-state index in [-0.39, 0.29) is 5.91 Å². The summed E-state index contributed by atoms with van der Waals surface area (Å²) in [5.74, 6) is 0.358. The molecule has 0 spiro atoms. The summed E-state index contributed by atoms with van der Waals surface area (Å²) < 4.78 is 0. The van der Waals surface area contributed by atoms with E-state index in [1.165, 1.54) is 11.8 Å². The van der Waals surface area contributed by atoms with Gasteiger partial charge in [-0.05, 0) is 36.8 Å². The van der Waals surface area contributed by atoms with Gasteiger partial charge < -0.3 is 11.1 Å². The van der Waals surface area contributed by atoms with Crippen molar-refractivity contribution in [3.63, 3.8) is 0 Å². The van der Waals surface area contributed by atoms with Crippen molar-refractivity contribution < 1.29 is 4.79 Å². The van der Waals surface area contributed by atoms with Crippen LogP contribution in [-0.4, -0.2) is 11.7 Å². The summed E-state index contributed by atoms with van der Waals surface area (Å²) in [7, 11) is 0. The molecule has 1 amide bonds. The molecule has 2 rings (SSSR count). The van der Waals surface area contributed by atoms with Crippen molar-refractivity contribution in [2.45, 2.75) is 11.8 Å². The Balaban J connectivity index is 1.92. The van der Waals surface area contributed by atoms with E-state index in [1.807, 2.05) is 55.5 Å². The minimum Gasteiger partial charge on any atom is -0.398 e. The number of anilines is 2. The molecular weight excluding hydrogens is 256 g/mol. The lowest BCUT2D eigenvalue weighted by atomic mass is 10.2. The molecule has 4 heteroatoms. The van der Waals surface area contributed by atoms with E-state index in [0.29, 0.717) is 5.75 Å². The molecule has 0 radical (unpaired) electrons. The van der Waals surface area contributed by atoms with Gasteiger partial charge in [-0.2, -0.15) is 0 Å². The van der Waals surface area contributed by atoms with Crippen molar-refractivity contribution in [3.8, 4) is 0 Å². The zero-order valence-electron chi connectivity index (χ0n) is 10.7. The lowest BCUT2D eigenvalue weighted by Gasteiger charge is -2.08. The van der Waals surface area contributed by atoms with Gasteiger partial charge in [0, 0.05) is 16.3 Å². The van der Waals surface area contributed by atoms with E-state index < -0.39 is 0 Å². The summed E-state index contributed by atoms with van der Waals surface area (Å²) in [5.41, 5.74) is 8.44. The smallest absolute Gasteiger partial charge is 0.234 e. The van der Waals surface area contributed by atoms with E-state index in [9.17, 15) is 4.79 Å². The molecule has 0 aliphatic carbocycles. The summed E-state index contributed by atoms with van der Waals surface area (Å²) >= 11 is 1.50. The molecule has 0 unspecified atom stereocenters. The fraction of sp³-hybridized carbons (Fsp3) is 0.133. The number of rotatable bonds is 4. The number of thioether (sulfide) groups is 1. The number of nitrogens with one attached hydrogen (secondary N) is 1. The molecular formula is C15H16N2OS. The van der Waals surface area contributed by atoms with Gasteiger partial charge in [-0.25, -0.2) is 0 Å². The number of carbonyl (C=O) groups is 1. The van der Waals surface area contributed by atoms with E-state index in [4.69, 9.17) is 5.73 Å². The van der Waals surface area contributed by atoms with E-state index in [0.717, 1.165) is 21.8 Å². The van der Waals surface area contributed by atoms with Gasteiger partial charge >= 0.3 is 0 Å². The summed E-state index contributed by atoms with van der Waals surface area (Å²) in [6, 6.07) is 15.2. The van der Waals surface area contributed by atoms with E-state index >= 15 is 0 Å². The van der Waals surface area contributed by atoms with Crippen LogP contribution in [0.3, 0.4) is 0 Å². The molecule has 0 saturated heterocycles. The zero-order valence-corrected chi connectivity index (χ0v) is 11.5. The Bertz CT molecular complexity index is 570. The molecule has 3 N–H and O–H groups in total. The first-order chi connectivity index (χ1) is 9.16. The van der Waals surface area contributed by atoms with Crippen molar-refractivity contribution in [2.24, 2.45) is 0 Å². The van der Waals surface area contributed by atoms with Gasteiger partial charge in [0.2, 0.25) is 5.91 Å². The third-order valence-corrected chi connectivity index (χ3v) is 3.90. The van der Waals surface area contributed by atoms with Crippen LogP contribution in [0.2, 0.25) is 0 Å². The molecule has 2 aromatic carbocycles. The molecule has 2 aromatic rings. The lowest BCUT2D eigenvalue weighted by molar-refractivity contribution is -0.113. The van der Waals surface area contributed by atoms with Gasteiger partial charge in [0.15, 0.2) is 0 Å². The molecule has 19 heavy (non-hydrogen) atoms. The molecule has 0 atom stereocenters. The lowest BCUT2D eigenvalue weighted by Crippen LogP contribution is -2.13. The highest BCUT2D eigenvalue weighted by molar-refractivity contribution is 8.00. The minimum atomic E-state index is -0.0157. The normalized spacial score (nSPS) is 10.2. The molecule has 0 heterocycles. The summed E-state index contributed by atoms with van der Waals surface area (Å²) in [4.78, 5) is 12.9. The van der Waals surface area contributed by atoms with Crippen LogP contribution in [0, 0.1) is 6.92 Å². The largest absolute Gasteiger partial charge is 0.398 e.